The molecule has 1 aliphatic carbocycles. The van der Waals surface area contributed by atoms with Crippen molar-refractivity contribution < 1.29 is 29.1 Å². The van der Waals surface area contributed by atoms with Crippen molar-refractivity contribution >= 4 is 29.4 Å². The second-order valence-electron chi connectivity index (χ2n) is 9.24. The number of anilines is 1. The van der Waals surface area contributed by atoms with Crippen molar-refractivity contribution in [2.24, 2.45) is 0 Å². The minimum atomic E-state index is -0.910. The molecule has 198 valence electrons. The number of amides is 3. The molecule has 9 heteroatoms. The Bertz CT molecular complexity index is 1040. The molecule has 2 aromatic carbocycles. The Morgan fingerprint density at radius 3 is 2.08 bits per heavy atom. The lowest BCUT2D eigenvalue weighted by Crippen LogP contribution is -2.36. The average Bonchev–Trinajstić information content (AvgIpc) is 3.42. The lowest BCUT2D eigenvalue weighted by molar-refractivity contribution is -0.151. The van der Waals surface area contributed by atoms with Crippen LogP contribution in [0.5, 0.6) is 0 Å². The second kappa shape index (κ2) is 14.7. The monoisotopic (exact) mass is 509 g/mol. The highest BCUT2D eigenvalue weighted by Crippen LogP contribution is 2.24. The molecule has 0 aromatic heterocycles. The van der Waals surface area contributed by atoms with Gasteiger partial charge in [0.15, 0.2) is 6.04 Å². The molecule has 37 heavy (non-hydrogen) atoms. The highest BCUT2D eigenvalue weighted by molar-refractivity contribution is 5.98. The van der Waals surface area contributed by atoms with Crippen molar-refractivity contribution in [3.8, 4) is 0 Å². The van der Waals surface area contributed by atoms with Crippen LogP contribution in [0, 0.1) is 0 Å². The molecule has 2 aromatic rings. The van der Waals surface area contributed by atoms with Gasteiger partial charge in [-0.25, -0.2) is 10.3 Å². The smallest absolute Gasteiger partial charge is 0.333 e. The first kappa shape index (κ1) is 27.9. The Hall–Kier alpha value is -3.72. The molecule has 1 atom stereocenters. The third kappa shape index (κ3) is 9.34. The van der Waals surface area contributed by atoms with Gasteiger partial charge in [0.1, 0.15) is 6.10 Å². The Balaban J connectivity index is 1.49. The zero-order valence-electron chi connectivity index (χ0n) is 20.9. The molecular formula is C28H35N3O6. The van der Waals surface area contributed by atoms with E-state index in [1.165, 1.54) is 0 Å². The molecule has 0 heterocycles. The molecule has 3 amide bonds. The van der Waals surface area contributed by atoms with E-state index in [0.717, 1.165) is 38.5 Å². The fourth-order valence-electron chi connectivity index (χ4n) is 4.29. The van der Waals surface area contributed by atoms with Crippen molar-refractivity contribution in [1.82, 2.24) is 10.8 Å². The number of nitrogens with one attached hydrogen (secondary N) is 3. The van der Waals surface area contributed by atoms with Gasteiger partial charge in [0.2, 0.25) is 11.8 Å². The van der Waals surface area contributed by atoms with Crippen LogP contribution in [0.3, 0.4) is 0 Å². The minimum absolute atomic E-state index is 0.105. The van der Waals surface area contributed by atoms with Gasteiger partial charge in [-0.15, -0.1) is 0 Å². The summed E-state index contributed by atoms with van der Waals surface area (Å²) in [5.74, 6) is -1.42. The van der Waals surface area contributed by atoms with E-state index in [1.807, 2.05) is 18.2 Å². The molecule has 1 aliphatic rings. The molecule has 0 bridgehead atoms. The van der Waals surface area contributed by atoms with Gasteiger partial charge in [0.25, 0.3) is 5.91 Å². The zero-order valence-corrected chi connectivity index (χ0v) is 20.9. The van der Waals surface area contributed by atoms with E-state index in [-0.39, 0.29) is 18.4 Å². The van der Waals surface area contributed by atoms with E-state index in [4.69, 9.17) is 9.94 Å². The van der Waals surface area contributed by atoms with Crippen molar-refractivity contribution in [1.29, 1.82) is 0 Å². The van der Waals surface area contributed by atoms with Crippen molar-refractivity contribution in [3.63, 3.8) is 0 Å². The summed E-state index contributed by atoms with van der Waals surface area (Å²) in [6.07, 6.45) is 7.20. The Morgan fingerprint density at radius 2 is 1.46 bits per heavy atom. The first-order chi connectivity index (χ1) is 18.0. The Morgan fingerprint density at radius 1 is 0.838 bits per heavy atom. The van der Waals surface area contributed by atoms with E-state index in [0.29, 0.717) is 36.1 Å². The van der Waals surface area contributed by atoms with E-state index >= 15 is 0 Å². The first-order valence-electron chi connectivity index (χ1n) is 12.9. The van der Waals surface area contributed by atoms with Gasteiger partial charge in [-0.1, -0.05) is 43.2 Å². The fraction of sp³-hybridized carbons (Fsp3) is 0.429. The number of ether oxygens (including phenoxy) is 1. The van der Waals surface area contributed by atoms with Gasteiger partial charge >= 0.3 is 5.97 Å². The largest absolute Gasteiger partial charge is 0.461 e. The number of esters is 1. The highest BCUT2D eigenvalue weighted by atomic mass is 16.5. The standard InChI is InChI=1S/C28H35N3O6/c32-24(14-6-1-2-7-15-25(33)31-36)29-22-18-16-21(17-19-22)27(34)30-26(20-10-4-3-5-11-20)28(35)37-23-12-8-9-13-23/h3-5,10-11,16-19,23,26,36H,1-2,6-9,12-15H2,(H,29,32)(H,30,34)(H,31,33). The minimum Gasteiger partial charge on any atom is -0.461 e. The second-order valence-corrected chi connectivity index (χ2v) is 9.24. The van der Waals surface area contributed by atoms with Crippen LogP contribution < -0.4 is 16.1 Å². The lowest BCUT2D eigenvalue weighted by Gasteiger charge is -2.20. The van der Waals surface area contributed by atoms with Crippen LogP contribution >= 0.6 is 0 Å². The van der Waals surface area contributed by atoms with Gasteiger partial charge in [0.05, 0.1) is 0 Å². The summed E-state index contributed by atoms with van der Waals surface area (Å²) < 4.78 is 5.67. The quantitative estimate of drug-likeness (QED) is 0.137. The summed E-state index contributed by atoms with van der Waals surface area (Å²) >= 11 is 0. The van der Waals surface area contributed by atoms with Crippen LogP contribution in [-0.4, -0.2) is 35.0 Å². The van der Waals surface area contributed by atoms with Gasteiger partial charge in [0, 0.05) is 24.1 Å². The Kier molecular flexibility index (Phi) is 11.1. The van der Waals surface area contributed by atoms with Gasteiger partial charge in [-0.05, 0) is 68.4 Å². The molecule has 0 aliphatic heterocycles. The van der Waals surface area contributed by atoms with Crippen LogP contribution in [0.15, 0.2) is 54.6 Å². The van der Waals surface area contributed by atoms with Crippen molar-refractivity contribution in [2.45, 2.75) is 76.4 Å². The molecular weight excluding hydrogens is 474 g/mol. The summed E-state index contributed by atoms with van der Waals surface area (Å²) in [5, 5.41) is 14.1. The molecule has 0 spiro atoms. The van der Waals surface area contributed by atoms with Crippen molar-refractivity contribution in [3.05, 3.63) is 65.7 Å². The molecule has 1 unspecified atom stereocenters. The van der Waals surface area contributed by atoms with Crippen LogP contribution in [0.2, 0.25) is 0 Å². The zero-order chi connectivity index (χ0) is 26.5. The number of benzene rings is 2. The van der Waals surface area contributed by atoms with Gasteiger partial charge in [-0.2, -0.15) is 0 Å². The van der Waals surface area contributed by atoms with Gasteiger partial charge in [-0.3, -0.25) is 19.6 Å². The van der Waals surface area contributed by atoms with Gasteiger partial charge < -0.3 is 15.4 Å². The summed E-state index contributed by atoms with van der Waals surface area (Å²) in [7, 11) is 0. The first-order valence-corrected chi connectivity index (χ1v) is 12.9. The number of hydrogen-bond donors (Lipinski definition) is 4. The number of hydrogen-bond acceptors (Lipinski definition) is 6. The maximum Gasteiger partial charge on any atom is 0.333 e. The maximum absolute atomic E-state index is 12.9. The number of carbonyl (C=O) groups excluding carboxylic acids is 4. The molecule has 3 rings (SSSR count). The topological polar surface area (TPSA) is 134 Å². The SMILES string of the molecule is O=C(CCCCCCC(=O)Nc1ccc(C(=O)NC(C(=O)OC2CCCC2)c2ccccc2)cc1)NO. The third-order valence-corrected chi connectivity index (χ3v) is 6.34. The molecule has 1 fully saturated rings. The van der Waals surface area contributed by atoms with E-state index in [9.17, 15) is 19.2 Å². The molecule has 0 saturated heterocycles. The number of rotatable bonds is 13. The fourth-order valence-corrected chi connectivity index (χ4v) is 4.29. The van der Waals surface area contributed by atoms with E-state index < -0.39 is 23.8 Å². The molecule has 1 saturated carbocycles. The maximum atomic E-state index is 12.9. The van der Waals surface area contributed by atoms with Crippen LogP contribution in [0.4, 0.5) is 5.69 Å². The summed E-state index contributed by atoms with van der Waals surface area (Å²) in [6, 6.07) is 14.6. The van der Waals surface area contributed by atoms with Crippen LogP contribution in [0.1, 0.15) is 86.2 Å². The van der Waals surface area contributed by atoms with Crippen LogP contribution in [-0.2, 0) is 19.1 Å². The number of unbranched alkanes of at least 4 members (excludes halogenated alkanes) is 3. The molecule has 0 radical (unpaired) electrons. The number of carbonyl (C=O) groups is 4. The summed E-state index contributed by atoms with van der Waals surface area (Å²) in [6.45, 7) is 0. The molecule has 9 nitrogen and oxygen atoms in total. The summed E-state index contributed by atoms with van der Waals surface area (Å²) in [5.41, 5.74) is 3.18. The predicted molar refractivity (Wildman–Crippen MR) is 138 cm³/mol. The third-order valence-electron chi connectivity index (χ3n) is 6.34. The molecule has 4 N–H and O–H groups in total. The number of hydroxylamine groups is 1. The van der Waals surface area contributed by atoms with Crippen molar-refractivity contribution in [2.75, 3.05) is 5.32 Å². The average molecular weight is 510 g/mol. The van der Waals surface area contributed by atoms with E-state index in [1.54, 1.807) is 41.9 Å². The Labute approximate surface area is 216 Å². The van der Waals surface area contributed by atoms with Crippen LogP contribution in [0.25, 0.3) is 0 Å². The lowest BCUT2D eigenvalue weighted by atomic mass is 10.1. The summed E-state index contributed by atoms with van der Waals surface area (Å²) in [4.78, 5) is 49.0. The predicted octanol–water partition coefficient (Wildman–Crippen LogP) is 4.43. The van der Waals surface area contributed by atoms with E-state index in [2.05, 4.69) is 10.6 Å². The normalized spacial score (nSPS) is 14.0. The highest BCUT2D eigenvalue weighted by Gasteiger charge is 2.28.